The van der Waals surface area contributed by atoms with E-state index in [9.17, 15) is 0 Å². The number of hydrogen-bond acceptors (Lipinski definition) is 3. The lowest BCUT2D eigenvalue weighted by Gasteiger charge is -2.13. The lowest BCUT2D eigenvalue weighted by molar-refractivity contribution is 0.0415. The van der Waals surface area contributed by atoms with Gasteiger partial charge in [0.25, 0.3) is 0 Å². The fourth-order valence-electron chi connectivity index (χ4n) is 0.118. The van der Waals surface area contributed by atoms with Gasteiger partial charge in [-0.3, -0.25) is 5.01 Å². The number of hydrazone groups is 1. The Labute approximate surface area is 43.3 Å². The molecule has 0 saturated heterocycles. The Hall–Kier alpha value is -0.570. The summed E-state index contributed by atoms with van der Waals surface area (Å²) < 4.78 is 0. The summed E-state index contributed by atoms with van der Waals surface area (Å²) in [5, 5.41) is 13.4. The topological polar surface area (TPSA) is 35.8 Å². The van der Waals surface area contributed by atoms with Gasteiger partial charge in [-0.15, -0.1) is 0 Å². The van der Waals surface area contributed by atoms with Crippen LogP contribution in [0.15, 0.2) is 5.10 Å². The number of aliphatic hydroxyl groups is 1. The summed E-state index contributed by atoms with van der Waals surface area (Å²) in [5.74, 6) is 0. The Morgan fingerprint density at radius 2 is 2.29 bits per heavy atom. The standard InChI is InChI=1S/C4H10N2O/c1-4(7)6(3)5-2/h4,7H,2H2,1,3H3. The Morgan fingerprint density at radius 1 is 1.86 bits per heavy atom. The van der Waals surface area contributed by atoms with Crippen molar-refractivity contribution in [1.29, 1.82) is 0 Å². The van der Waals surface area contributed by atoms with Crippen molar-refractivity contribution in [2.75, 3.05) is 7.05 Å². The first-order valence-corrected chi connectivity index (χ1v) is 2.06. The fraction of sp³-hybridized carbons (Fsp3) is 0.750. The third-order valence-electron chi connectivity index (χ3n) is 0.764. The van der Waals surface area contributed by atoms with E-state index in [0.717, 1.165) is 0 Å². The molecule has 3 heteroatoms. The molecule has 0 aliphatic carbocycles. The molecule has 0 saturated carbocycles. The van der Waals surface area contributed by atoms with Crippen LogP contribution in [-0.4, -0.2) is 30.1 Å². The molecule has 0 heterocycles. The molecule has 1 N–H and O–H groups in total. The summed E-state index contributed by atoms with van der Waals surface area (Å²) in [6.07, 6.45) is -0.530. The molecule has 0 bridgehead atoms. The smallest absolute Gasteiger partial charge is 0.139 e. The van der Waals surface area contributed by atoms with Gasteiger partial charge in [0, 0.05) is 13.8 Å². The van der Waals surface area contributed by atoms with Crippen LogP contribution in [0.1, 0.15) is 6.92 Å². The number of hydrogen-bond donors (Lipinski definition) is 1. The van der Waals surface area contributed by atoms with Crippen molar-refractivity contribution < 1.29 is 5.11 Å². The molecule has 0 aromatic rings. The third kappa shape index (κ3) is 2.17. The molecule has 7 heavy (non-hydrogen) atoms. The first-order valence-electron chi connectivity index (χ1n) is 2.06. The highest BCUT2D eigenvalue weighted by molar-refractivity contribution is 5.22. The van der Waals surface area contributed by atoms with Crippen LogP contribution in [0.4, 0.5) is 0 Å². The van der Waals surface area contributed by atoms with Crippen LogP contribution in [0.5, 0.6) is 0 Å². The Kier molecular flexibility index (Phi) is 2.37. The number of nitrogens with zero attached hydrogens (tertiary/aromatic N) is 2. The Morgan fingerprint density at radius 3 is 2.29 bits per heavy atom. The molecule has 42 valence electrons. The van der Waals surface area contributed by atoms with Gasteiger partial charge in [-0.1, -0.05) is 0 Å². The molecule has 0 spiro atoms. The van der Waals surface area contributed by atoms with Crippen LogP contribution in [0.2, 0.25) is 0 Å². The van der Waals surface area contributed by atoms with E-state index in [1.165, 1.54) is 5.01 Å². The molecule has 0 aliphatic rings. The van der Waals surface area contributed by atoms with E-state index in [2.05, 4.69) is 11.8 Å². The second-order valence-corrected chi connectivity index (χ2v) is 1.35. The van der Waals surface area contributed by atoms with Gasteiger partial charge in [0.2, 0.25) is 0 Å². The minimum Gasteiger partial charge on any atom is -0.372 e. The average molecular weight is 102 g/mol. The summed E-state index contributed by atoms with van der Waals surface area (Å²) in [5.41, 5.74) is 0. The molecule has 0 aromatic carbocycles. The van der Waals surface area contributed by atoms with Gasteiger partial charge in [0.1, 0.15) is 6.23 Å². The maximum atomic E-state index is 8.61. The van der Waals surface area contributed by atoms with E-state index in [4.69, 9.17) is 5.11 Å². The molecule has 1 unspecified atom stereocenters. The minimum atomic E-state index is -0.530. The van der Waals surface area contributed by atoms with Crippen molar-refractivity contribution in [1.82, 2.24) is 5.01 Å². The van der Waals surface area contributed by atoms with Crippen LogP contribution in [-0.2, 0) is 0 Å². The van der Waals surface area contributed by atoms with Crippen molar-refractivity contribution in [3.8, 4) is 0 Å². The van der Waals surface area contributed by atoms with Crippen LogP contribution in [0, 0.1) is 0 Å². The molecular formula is C4H10N2O. The highest BCUT2D eigenvalue weighted by Crippen LogP contribution is 1.86. The molecule has 1 atom stereocenters. The van der Waals surface area contributed by atoms with Gasteiger partial charge in [0.05, 0.1) is 0 Å². The largest absolute Gasteiger partial charge is 0.372 e. The van der Waals surface area contributed by atoms with E-state index < -0.39 is 6.23 Å². The van der Waals surface area contributed by atoms with Crippen LogP contribution >= 0.6 is 0 Å². The fourth-order valence-corrected chi connectivity index (χ4v) is 0.118. The predicted octanol–water partition coefficient (Wildman–Crippen LogP) is -0.128. The van der Waals surface area contributed by atoms with E-state index in [0.29, 0.717) is 0 Å². The van der Waals surface area contributed by atoms with Crippen molar-refractivity contribution in [3.63, 3.8) is 0 Å². The van der Waals surface area contributed by atoms with Gasteiger partial charge in [-0.2, -0.15) is 5.10 Å². The van der Waals surface area contributed by atoms with Crippen molar-refractivity contribution >= 4 is 6.72 Å². The summed E-state index contributed by atoms with van der Waals surface area (Å²) in [4.78, 5) is 0. The van der Waals surface area contributed by atoms with Gasteiger partial charge >= 0.3 is 0 Å². The average Bonchev–Trinajstić information content (AvgIpc) is 1.65. The zero-order chi connectivity index (χ0) is 5.86. The van der Waals surface area contributed by atoms with E-state index >= 15 is 0 Å². The van der Waals surface area contributed by atoms with E-state index in [1.807, 2.05) is 0 Å². The van der Waals surface area contributed by atoms with E-state index in [1.54, 1.807) is 14.0 Å². The molecular weight excluding hydrogens is 92.1 g/mol. The second kappa shape index (κ2) is 2.58. The second-order valence-electron chi connectivity index (χ2n) is 1.35. The predicted molar refractivity (Wildman–Crippen MR) is 29.0 cm³/mol. The Balaban J connectivity index is 3.33. The van der Waals surface area contributed by atoms with Crippen molar-refractivity contribution in [2.45, 2.75) is 13.2 Å². The first kappa shape index (κ1) is 6.43. The molecule has 3 nitrogen and oxygen atoms in total. The van der Waals surface area contributed by atoms with Gasteiger partial charge in [0.15, 0.2) is 0 Å². The molecule has 0 rings (SSSR count). The lowest BCUT2D eigenvalue weighted by atomic mass is 10.7. The maximum absolute atomic E-state index is 8.61. The first-order chi connectivity index (χ1) is 3.18. The zero-order valence-electron chi connectivity index (χ0n) is 4.63. The van der Waals surface area contributed by atoms with Crippen LogP contribution in [0.25, 0.3) is 0 Å². The minimum absolute atomic E-state index is 0.530. The van der Waals surface area contributed by atoms with Gasteiger partial charge < -0.3 is 5.11 Å². The SMILES string of the molecule is C=NN(C)C(C)O. The van der Waals surface area contributed by atoms with Crippen LogP contribution < -0.4 is 0 Å². The summed E-state index contributed by atoms with van der Waals surface area (Å²) in [7, 11) is 1.65. The normalized spacial score (nSPS) is 13.0. The highest BCUT2D eigenvalue weighted by Gasteiger charge is 1.95. The molecule has 0 fully saturated rings. The zero-order valence-corrected chi connectivity index (χ0v) is 4.63. The quantitative estimate of drug-likeness (QED) is 0.299. The summed E-state index contributed by atoms with van der Waals surface area (Å²) in [6, 6.07) is 0. The van der Waals surface area contributed by atoms with Gasteiger partial charge in [-0.25, -0.2) is 0 Å². The third-order valence-corrected chi connectivity index (χ3v) is 0.764. The van der Waals surface area contributed by atoms with Crippen molar-refractivity contribution in [2.24, 2.45) is 5.10 Å². The van der Waals surface area contributed by atoms with Gasteiger partial charge in [-0.05, 0) is 6.92 Å². The molecule has 0 amide bonds. The molecule has 0 radical (unpaired) electrons. The highest BCUT2D eigenvalue weighted by atomic mass is 16.3. The lowest BCUT2D eigenvalue weighted by Crippen LogP contribution is -2.22. The monoisotopic (exact) mass is 102 g/mol. The Bertz CT molecular complexity index is 62.7. The summed E-state index contributed by atoms with van der Waals surface area (Å²) >= 11 is 0. The van der Waals surface area contributed by atoms with E-state index in [-0.39, 0.29) is 0 Å². The molecule has 0 aromatic heterocycles. The molecule has 0 aliphatic heterocycles. The van der Waals surface area contributed by atoms with Crippen LogP contribution in [0.3, 0.4) is 0 Å². The number of rotatable bonds is 2. The maximum Gasteiger partial charge on any atom is 0.139 e. The summed E-state index contributed by atoms with van der Waals surface area (Å²) in [6.45, 7) is 4.82. The number of aliphatic hydroxyl groups excluding tert-OH is 1. The van der Waals surface area contributed by atoms with Crippen molar-refractivity contribution in [3.05, 3.63) is 0 Å².